The Bertz CT molecular complexity index is 883. The summed E-state index contributed by atoms with van der Waals surface area (Å²) in [5.41, 5.74) is 5.73. The second kappa shape index (κ2) is 5.57. The van der Waals surface area contributed by atoms with Gasteiger partial charge in [0.25, 0.3) is 0 Å². The quantitative estimate of drug-likeness (QED) is 0.535. The maximum absolute atomic E-state index is 5.61. The van der Waals surface area contributed by atoms with Crippen LogP contribution < -0.4 is 4.84 Å². The molecule has 23 heavy (non-hydrogen) atoms. The van der Waals surface area contributed by atoms with Crippen molar-refractivity contribution in [2.45, 2.75) is 30.8 Å². The number of para-hydroxylation sites is 1. The average Bonchev–Trinajstić information content (AvgIpc) is 3.36. The molecule has 0 bridgehead atoms. The summed E-state index contributed by atoms with van der Waals surface area (Å²) in [5.74, 6) is 0.670. The Morgan fingerprint density at radius 2 is 2.13 bits per heavy atom. The molecule has 4 nitrogen and oxygen atoms in total. The first kappa shape index (κ1) is 14.6. The lowest BCUT2D eigenvalue weighted by molar-refractivity contribution is 0.179. The van der Waals surface area contributed by atoms with Crippen LogP contribution in [0.25, 0.3) is 22.2 Å². The Balaban J connectivity index is 2.00. The number of fused-ring (bicyclic) bond motifs is 1. The molecule has 0 atom stereocenters. The highest BCUT2D eigenvalue weighted by molar-refractivity contribution is 7.98. The zero-order chi connectivity index (χ0) is 16.0. The third-order valence-electron chi connectivity index (χ3n) is 4.43. The molecule has 1 aliphatic rings. The van der Waals surface area contributed by atoms with Gasteiger partial charge in [0.15, 0.2) is 5.16 Å². The van der Waals surface area contributed by atoms with E-state index in [0.29, 0.717) is 5.92 Å². The normalized spacial score (nSPS) is 14.4. The van der Waals surface area contributed by atoms with Crippen molar-refractivity contribution in [1.29, 1.82) is 0 Å². The van der Waals surface area contributed by atoms with Crippen LogP contribution in [-0.4, -0.2) is 28.1 Å². The van der Waals surface area contributed by atoms with E-state index in [0.717, 1.165) is 22.0 Å². The lowest BCUT2D eigenvalue weighted by atomic mass is 10.0. The molecule has 1 aromatic carbocycles. The van der Waals surface area contributed by atoms with E-state index < -0.39 is 0 Å². The van der Waals surface area contributed by atoms with E-state index >= 15 is 0 Å². The SMILES string of the molecule is COn1cc(-c2nc(SC)ncc2C)c2cccc(C3CC3)c21. The highest BCUT2D eigenvalue weighted by Crippen LogP contribution is 2.44. The summed E-state index contributed by atoms with van der Waals surface area (Å²) < 4.78 is 1.89. The monoisotopic (exact) mass is 325 g/mol. The minimum absolute atomic E-state index is 0.670. The van der Waals surface area contributed by atoms with Gasteiger partial charge in [0.05, 0.1) is 17.4 Å². The minimum atomic E-state index is 0.670. The van der Waals surface area contributed by atoms with Crippen molar-refractivity contribution in [2.24, 2.45) is 0 Å². The highest BCUT2D eigenvalue weighted by atomic mass is 32.2. The Morgan fingerprint density at radius 3 is 2.83 bits per heavy atom. The molecule has 2 aromatic heterocycles. The first-order chi connectivity index (χ1) is 11.2. The van der Waals surface area contributed by atoms with Gasteiger partial charge in [0.2, 0.25) is 0 Å². The summed E-state index contributed by atoms with van der Waals surface area (Å²) in [6, 6.07) is 6.53. The molecule has 0 amide bonds. The molecule has 1 aliphatic carbocycles. The van der Waals surface area contributed by atoms with Crippen molar-refractivity contribution < 1.29 is 4.84 Å². The Hall–Kier alpha value is -2.01. The second-order valence-corrected chi connectivity index (χ2v) is 6.73. The second-order valence-electron chi connectivity index (χ2n) is 5.96. The minimum Gasteiger partial charge on any atom is -0.417 e. The van der Waals surface area contributed by atoms with Crippen LogP contribution in [0.4, 0.5) is 0 Å². The number of nitrogens with zero attached hydrogens (tertiary/aromatic N) is 3. The van der Waals surface area contributed by atoms with Crippen LogP contribution in [0.5, 0.6) is 0 Å². The van der Waals surface area contributed by atoms with Gasteiger partial charge in [-0.1, -0.05) is 30.0 Å². The zero-order valence-electron chi connectivity index (χ0n) is 13.5. The molecule has 3 aromatic rings. The van der Waals surface area contributed by atoms with Crippen LogP contribution in [-0.2, 0) is 0 Å². The molecule has 0 spiro atoms. The van der Waals surface area contributed by atoms with E-state index in [-0.39, 0.29) is 0 Å². The highest BCUT2D eigenvalue weighted by Gasteiger charge is 2.28. The molecule has 0 unspecified atom stereocenters. The fourth-order valence-electron chi connectivity index (χ4n) is 3.13. The predicted octanol–water partition coefficient (Wildman–Crippen LogP) is 4.06. The summed E-state index contributed by atoms with van der Waals surface area (Å²) in [7, 11) is 1.72. The van der Waals surface area contributed by atoms with Crippen LogP contribution >= 0.6 is 11.8 Å². The molecule has 0 N–H and O–H groups in total. The predicted molar refractivity (Wildman–Crippen MR) is 94.0 cm³/mol. The van der Waals surface area contributed by atoms with E-state index in [2.05, 4.69) is 36.3 Å². The fourth-order valence-corrected chi connectivity index (χ4v) is 3.47. The van der Waals surface area contributed by atoms with Crippen molar-refractivity contribution in [3.05, 3.63) is 41.7 Å². The first-order valence-corrected chi connectivity index (χ1v) is 9.02. The van der Waals surface area contributed by atoms with Gasteiger partial charge < -0.3 is 4.84 Å². The smallest absolute Gasteiger partial charge is 0.187 e. The van der Waals surface area contributed by atoms with Gasteiger partial charge in [-0.05, 0) is 43.1 Å². The molecule has 0 saturated heterocycles. The van der Waals surface area contributed by atoms with Crippen molar-refractivity contribution in [3.8, 4) is 11.3 Å². The van der Waals surface area contributed by atoms with Crippen LogP contribution in [0.1, 0.15) is 29.9 Å². The van der Waals surface area contributed by atoms with Crippen molar-refractivity contribution in [1.82, 2.24) is 14.7 Å². The van der Waals surface area contributed by atoms with Crippen LogP contribution in [0.3, 0.4) is 0 Å². The van der Waals surface area contributed by atoms with E-state index in [1.165, 1.54) is 29.3 Å². The fraction of sp³-hybridized carbons (Fsp3) is 0.333. The molecule has 0 aliphatic heterocycles. The topological polar surface area (TPSA) is 39.9 Å². The number of aromatic nitrogens is 3. The van der Waals surface area contributed by atoms with E-state index in [1.54, 1.807) is 18.9 Å². The summed E-state index contributed by atoms with van der Waals surface area (Å²) in [6.45, 7) is 2.06. The van der Waals surface area contributed by atoms with Gasteiger partial charge in [0, 0.05) is 17.1 Å². The number of hydrogen-bond donors (Lipinski definition) is 0. The number of thioether (sulfide) groups is 1. The standard InChI is InChI=1S/C18H19N3OS/c1-11-9-19-18(23-3)20-16(11)15-10-21(22-2)17-13(12-7-8-12)5-4-6-14(15)17/h4-6,9-10,12H,7-8H2,1-3H3. The maximum Gasteiger partial charge on any atom is 0.187 e. The number of rotatable bonds is 4. The van der Waals surface area contributed by atoms with Gasteiger partial charge in [0.1, 0.15) is 7.11 Å². The van der Waals surface area contributed by atoms with Gasteiger partial charge in [-0.25, -0.2) is 9.97 Å². The molecule has 118 valence electrons. The Labute approximate surface area is 139 Å². The number of aryl methyl sites for hydroxylation is 1. The van der Waals surface area contributed by atoms with Crippen LogP contribution in [0, 0.1) is 6.92 Å². The summed E-state index contributed by atoms with van der Waals surface area (Å²) in [4.78, 5) is 14.7. The number of hydrogen-bond acceptors (Lipinski definition) is 4. The molecule has 4 rings (SSSR count). The molecule has 5 heteroatoms. The van der Waals surface area contributed by atoms with Crippen LogP contribution in [0.2, 0.25) is 0 Å². The van der Waals surface area contributed by atoms with E-state index in [1.807, 2.05) is 17.2 Å². The maximum atomic E-state index is 5.61. The molecular weight excluding hydrogens is 306 g/mol. The van der Waals surface area contributed by atoms with Gasteiger partial charge >= 0.3 is 0 Å². The number of benzene rings is 1. The molecule has 2 heterocycles. The third kappa shape index (κ3) is 2.39. The lowest BCUT2D eigenvalue weighted by Crippen LogP contribution is -2.04. The van der Waals surface area contributed by atoms with Crippen molar-refractivity contribution in [2.75, 3.05) is 13.4 Å². The van der Waals surface area contributed by atoms with Gasteiger partial charge in [-0.15, -0.1) is 0 Å². The third-order valence-corrected chi connectivity index (χ3v) is 4.99. The van der Waals surface area contributed by atoms with Gasteiger partial charge in [-0.3, -0.25) is 0 Å². The Kier molecular flexibility index (Phi) is 3.53. The molecular formula is C18H19N3OS. The average molecular weight is 325 g/mol. The largest absolute Gasteiger partial charge is 0.417 e. The van der Waals surface area contributed by atoms with E-state index in [9.17, 15) is 0 Å². The lowest BCUT2D eigenvalue weighted by Gasteiger charge is -2.07. The van der Waals surface area contributed by atoms with Crippen LogP contribution in [0.15, 0.2) is 35.7 Å². The summed E-state index contributed by atoms with van der Waals surface area (Å²) in [6.07, 6.45) is 8.49. The molecule has 0 radical (unpaired) electrons. The molecule has 1 saturated carbocycles. The molecule has 1 fully saturated rings. The summed E-state index contributed by atoms with van der Waals surface area (Å²) in [5, 5.41) is 1.99. The summed E-state index contributed by atoms with van der Waals surface area (Å²) >= 11 is 1.56. The van der Waals surface area contributed by atoms with Gasteiger partial charge in [-0.2, -0.15) is 4.73 Å². The van der Waals surface area contributed by atoms with Crippen molar-refractivity contribution in [3.63, 3.8) is 0 Å². The Morgan fingerprint density at radius 1 is 1.30 bits per heavy atom. The van der Waals surface area contributed by atoms with E-state index in [4.69, 9.17) is 9.82 Å². The first-order valence-electron chi connectivity index (χ1n) is 7.79. The zero-order valence-corrected chi connectivity index (χ0v) is 14.4. The van der Waals surface area contributed by atoms with Crippen molar-refractivity contribution >= 4 is 22.7 Å².